The zero-order valence-electron chi connectivity index (χ0n) is 15.4. The lowest BCUT2D eigenvalue weighted by atomic mass is 9.80. The van der Waals surface area contributed by atoms with E-state index >= 15 is 0 Å². The van der Waals surface area contributed by atoms with Crippen molar-refractivity contribution in [2.75, 3.05) is 18.5 Å². The third kappa shape index (κ3) is 3.23. The Morgan fingerprint density at radius 3 is 2.61 bits per heavy atom. The molecule has 2 aliphatic carbocycles. The number of benzene rings is 1. The Hall–Kier alpha value is -2.90. The predicted octanol–water partition coefficient (Wildman–Crippen LogP) is 1.54. The smallest absolute Gasteiger partial charge is 0.338 e. The van der Waals surface area contributed by atoms with Crippen LogP contribution in [0.15, 0.2) is 24.3 Å². The van der Waals surface area contributed by atoms with Crippen molar-refractivity contribution in [3.8, 4) is 0 Å². The van der Waals surface area contributed by atoms with E-state index in [-0.39, 0.29) is 30.5 Å². The van der Waals surface area contributed by atoms with Gasteiger partial charge in [0, 0.05) is 11.6 Å². The molecule has 28 heavy (non-hydrogen) atoms. The molecule has 148 valence electrons. The van der Waals surface area contributed by atoms with Crippen molar-refractivity contribution in [3.05, 3.63) is 29.8 Å². The monoisotopic (exact) mass is 387 g/mol. The second-order valence-corrected chi connectivity index (χ2v) is 7.38. The summed E-state index contributed by atoms with van der Waals surface area (Å²) in [6.45, 7) is 1.57. The van der Waals surface area contributed by atoms with Gasteiger partial charge in [-0.2, -0.15) is 0 Å². The molecule has 1 heterocycles. The fourth-order valence-electron chi connectivity index (χ4n) is 4.66. The minimum Gasteiger partial charge on any atom is -0.462 e. The van der Waals surface area contributed by atoms with Crippen molar-refractivity contribution in [1.82, 2.24) is 0 Å². The maximum Gasteiger partial charge on any atom is 0.338 e. The summed E-state index contributed by atoms with van der Waals surface area (Å²) in [5, 5.41) is 2.60. The maximum absolute atomic E-state index is 12.4. The highest BCUT2D eigenvalue weighted by Gasteiger charge is 2.64. The first-order valence-corrected chi connectivity index (χ1v) is 9.42. The van der Waals surface area contributed by atoms with E-state index in [1.165, 1.54) is 12.1 Å². The van der Waals surface area contributed by atoms with Crippen LogP contribution < -0.4 is 5.32 Å². The standard InChI is InChI=1S/C20H21NO7/c1-2-26-18(23)10-3-5-12(6-4-10)21-15(22)9-27-19(24)16-11-7-13-14(8-11)28-20(25)17(13)16/h3-6,11,13-14,16-17H,2,7-9H2,1H3,(H,21,22)/t11-,13-,14-,16+,17+/m1/s1. The molecule has 3 aliphatic rings. The Kier molecular flexibility index (Phi) is 4.78. The van der Waals surface area contributed by atoms with Crippen LogP contribution in [0.1, 0.15) is 30.1 Å². The molecule has 3 fully saturated rings. The number of amides is 1. The average Bonchev–Trinajstić information content (AvgIpc) is 3.29. The molecule has 8 nitrogen and oxygen atoms in total. The van der Waals surface area contributed by atoms with Gasteiger partial charge >= 0.3 is 17.9 Å². The third-order valence-corrected chi connectivity index (χ3v) is 5.78. The predicted molar refractivity (Wildman–Crippen MR) is 95.1 cm³/mol. The maximum atomic E-state index is 12.4. The highest BCUT2D eigenvalue weighted by Crippen LogP contribution is 2.57. The Morgan fingerprint density at radius 2 is 1.89 bits per heavy atom. The molecule has 1 amide bonds. The Bertz CT molecular complexity index is 816. The van der Waals surface area contributed by atoms with E-state index in [2.05, 4.69) is 5.32 Å². The van der Waals surface area contributed by atoms with E-state index in [1.807, 2.05) is 0 Å². The molecule has 0 radical (unpaired) electrons. The first-order valence-electron chi connectivity index (χ1n) is 9.42. The third-order valence-electron chi connectivity index (χ3n) is 5.78. The van der Waals surface area contributed by atoms with Crippen molar-refractivity contribution in [1.29, 1.82) is 0 Å². The molecule has 1 aliphatic heterocycles. The van der Waals surface area contributed by atoms with Gasteiger partial charge in [-0.15, -0.1) is 0 Å². The number of hydrogen-bond acceptors (Lipinski definition) is 7. The van der Waals surface area contributed by atoms with Gasteiger partial charge in [0.1, 0.15) is 6.10 Å². The van der Waals surface area contributed by atoms with Gasteiger partial charge < -0.3 is 19.5 Å². The zero-order chi connectivity index (χ0) is 19.8. The van der Waals surface area contributed by atoms with Crippen molar-refractivity contribution in [2.24, 2.45) is 23.7 Å². The molecular weight excluding hydrogens is 366 g/mol. The minimum atomic E-state index is -0.511. The summed E-state index contributed by atoms with van der Waals surface area (Å²) in [6, 6.07) is 6.21. The quantitative estimate of drug-likeness (QED) is 0.583. The molecule has 0 aromatic heterocycles. The van der Waals surface area contributed by atoms with Crippen LogP contribution in [-0.2, 0) is 28.6 Å². The van der Waals surface area contributed by atoms with Gasteiger partial charge in [-0.05, 0) is 49.9 Å². The lowest BCUT2D eigenvalue weighted by Gasteiger charge is -2.22. The normalized spacial score (nSPS) is 29.3. The highest BCUT2D eigenvalue weighted by atomic mass is 16.6. The number of nitrogens with one attached hydrogen (secondary N) is 1. The molecule has 2 saturated carbocycles. The average molecular weight is 387 g/mol. The Labute approximate surface area is 161 Å². The molecular formula is C20H21NO7. The number of carbonyl (C=O) groups is 4. The molecule has 1 N–H and O–H groups in total. The SMILES string of the molecule is CCOC(=O)c1ccc(NC(=O)COC(=O)[C@H]2[C@@H]3C[C@H]4[C@@H]2C(=O)O[C@@H]4C3)cc1. The fraction of sp³-hybridized carbons (Fsp3) is 0.500. The Morgan fingerprint density at radius 1 is 1.14 bits per heavy atom. The van der Waals surface area contributed by atoms with E-state index in [0.29, 0.717) is 17.7 Å². The number of carbonyl (C=O) groups excluding carboxylic acids is 4. The summed E-state index contributed by atoms with van der Waals surface area (Å²) in [6.07, 6.45) is 1.46. The van der Waals surface area contributed by atoms with Crippen LogP contribution in [0, 0.1) is 23.7 Å². The number of fused-ring (bicyclic) bond motifs is 1. The van der Waals surface area contributed by atoms with Crippen LogP contribution in [0.4, 0.5) is 5.69 Å². The minimum absolute atomic E-state index is 0.0487. The van der Waals surface area contributed by atoms with Crippen LogP contribution in [0.3, 0.4) is 0 Å². The second kappa shape index (κ2) is 7.26. The van der Waals surface area contributed by atoms with E-state index in [0.717, 1.165) is 6.42 Å². The number of ether oxygens (including phenoxy) is 3. The Balaban J connectivity index is 1.28. The van der Waals surface area contributed by atoms with Crippen molar-refractivity contribution < 1.29 is 33.4 Å². The summed E-state index contributed by atoms with van der Waals surface area (Å²) in [5.41, 5.74) is 0.848. The second-order valence-electron chi connectivity index (χ2n) is 7.38. The molecule has 5 atom stereocenters. The van der Waals surface area contributed by atoms with Crippen LogP contribution >= 0.6 is 0 Å². The molecule has 4 rings (SSSR count). The van der Waals surface area contributed by atoms with Crippen LogP contribution in [0.25, 0.3) is 0 Å². The first-order chi connectivity index (χ1) is 13.5. The van der Waals surface area contributed by atoms with Gasteiger partial charge in [-0.3, -0.25) is 14.4 Å². The van der Waals surface area contributed by atoms with Gasteiger partial charge in [-0.25, -0.2) is 4.79 Å². The fourth-order valence-corrected chi connectivity index (χ4v) is 4.66. The zero-order valence-corrected chi connectivity index (χ0v) is 15.4. The van der Waals surface area contributed by atoms with Crippen molar-refractivity contribution >= 4 is 29.5 Å². The lowest BCUT2D eigenvalue weighted by Crippen LogP contribution is -2.34. The molecule has 0 unspecified atom stereocenters. The summed E-state index contributed by atoms with van der Waals surface area (Å²) in [5.74, 6) is -2.48. The summed E-state index contributed by atoms with van der Waals surface area (Å²) in [4.78, 5) is 48.1. The largest absolute Gasteiger partial charge is 0.462 e. The van der Waals surface area contributed by atoms with Crippen LogP contribution in [0.2, 0.25) is 0 Å². The number of esters is 3. The van der Waals surface area contributed by atoms with Crippen LogP contribution in [-0.4, -0.2) is 43.1 Å². The van der Waals surface area contributed by atoms with E-state index in [4.69, 9.17) is 14.2 Å². The van der Waals surface area contributed by atoms with Gasteiger partial charge in [0.25, 0.3) is 5.91 Å². The van der Waals surface area contributed by atoms with Crippen LogP contribution in [0.5, 0.6) is 0 Å². The van der Waals surface area contributed by atoms with Gasteiger partial charge in [-0.1, -0.05) is 0 Å². The van der Waals surface area contributed by atoms with Crippen molar-refractivity contribution in [2.45, 2.75) is 25.9 Å². The van der Waals surface area contributed by atoms with E-state index < -0.39 is 36.3 Å². The van der Waals surface area contributed by atoms with Crippen molar-refractivity contribution in [3.63, 3.8) is 0 Å². The molecule has 1 aromatic rings. The number of rotatable bonds is 6. The molecule has 8 heteroatoms. The molecule has 2 bridgehead atoms. The summed E-state index contributed by atoms with van der Waals surface area (Å²) < 4.78 is 15.4. The van der Waals surface area contributed by atoms with Gasteiger partial charge in [0.15, 0.2) is 6.61 Å². The number of anilines is 1. The molecule has 0 spiro atoms. The molecule has 1 aromatic carbocycles. The van der Waals surface area contributed by atoms with E-state index in [1.54, 1.807) is 19.1 Å². The molecule has 1 saturated heterocycles. The van der Waals surface area contributed by atoms with Gasteiger partial charge in [0.05, 0.1) is 24.0 Å². The highest BCUT2D eigenvalue weighted by molar-refractivity contribution is 5.95. The lowest BCUT2D eigenvalue weighted by molar-refractivity contribution is -0.157. The first kappa shape index (κ1) is 18.5. The van der Waals surface area contributed by atoms with E-state index in [9.17, 15) is 19.2 Å². The number of hydrogen-bond donors (Lipinski definition) is 1. The topological polar surface area (TPSA) is 108 Å². The summed E-state index contributed by atoms with van der Waals surface area (Å²) in [7, 11) is 0. The van der Waals surface area contributed by atoms with Gasteiger partial charge in [0.2, 0.25) is 0 Å². The summed E-state index contributed by atoms with van der Waals surface area (Å²) >= 11 is 0.